The Morgan fingerprint density at radius 1 is 0.833 bits per heavy atom. The lowest BCUT2D eigenvalue weighted by Gasteiger charge is -2.12. The number of amides is 2. The molecule has 0 bridgehead atoms. The third-order valence-corrected chi connectivity index (χ3v) is 4.71. The zero-order valence-corrected chi connectivity index (χ0v) is 16.3. The second kappa shape index (κ2) is 9.00. The lowest BCUT2D eigenvalue weighted by Crippen LogP contribution is -2.35. The first-order chi connectivity index (χ1) is 14.7. The molecule has 2 heterocycles. The van der Waals surface area contributed by atoms with E-state index < -0.39 is 0 Å². The maximum Gasteiger partial charge on any atom is 0.315 e. The summed E-state index contributed by atoms with van der Waals surface area (Å²) in [5.41, 5.74) is 2.35. The number of carbonyl (C=O) groups is 1. The lowest BCUT2D eigenvalue weighted by molar-refractivity contribution is 0.240. The number of urea groups is 1. The molecule has 0 aliphatic heterocycles. The Balaban J connectivity index is 1.53. The SMILES string of the molecule is O=C(NCc1ccccc1)NCc1nn(Cc2cccnc2)c(=O)c2ccccc12. The van der Waals surface area contributed by atoms with Gasteiger partial charge >= 0.3 is 6.03 Å². The molecule has 150 valence electrons. The van der Waals surface area contributed by atoms with Crippen LogP contribution in [0, 0.1) is 0 Å². The monoisotopic (exact) mass is 399 g/mol. The van der Waals surface area contributed by atoms with E-state index >= 15 is 0 Å². The molecule has 7 nitrogen and oxygen atoms in total. The first-order valence-corrected chi connectivity index (χ1v) is 9.64. The number of rotatable bonds is 6. The summed E-state index contributed by atoms with van der Waals surface area (Å²) in [5, 5.41) is 11.5. The maximum atomic E-state index is 12.9. The first-order valence-electron chi connectivity index (χ1n) is 9.64. The predicted octanol–water partition coefficient (Wildman–Crippen LogP) is 2.84. The van der Waals surface area contributed by atoms with Gasteiger partial charge in [0.1, 0.15) is 0 Å². The van der Waals surface area contributed by atoms with Crippen molar-refractivity contribution in [1.29, 1.82) is 0 Å². The second-order valence-corrected chi connectivity index (χ2v) is 6.84. The van der Waals surface area contributed by atoms with Gasteiger partial charge in [0, 0.05) is 24.3 Å². The van der Waals surface area contributed by atoms with Crippen LogP contribution in [0.25, 0.3) is 10.8 Å². The summed E-state index contributed by atoms with van der Waals surface area (Å²) in [7, 11) is 0. The molecule has 4 rings (SSSR count). The topological polar surface area (TPSA) is 88.9 Å². The van der Waals surface area contributed by atoms with Crippen molar-refractivity contribution in [1.82, 2.24) is 25.4 Å². The molecule has 2 aromatic heterocycles. The average molecular weight is 399 g/mol. The van der Waals surface area contributed by atoms with Gasteiger partial charge in [-0.2, -0.15) is 5.10 Å². The molecular weight excluding hydrogens is 378 g/mol. The Morgan fingerprint density at radius 2 is 1.53 bits per heavy atom. The van der Waals surface area contributed by atoms with E-state index in [2.05, 4.69) is 20.7 Å². The molecule has 2 N–H and O–H groups in total. The smallest absolute Gasteiger partial charge is 0.315 e. The van der Waals surface area contributed by atoms with Crippen LogP contribution in [0.4, 0.5) is 4.79 Å². The van der Waals surface area contributed by atoms with Crippen molar-refractivity contribution in [2.75, 3.05) is 0 Å². The highest BCUT2D eigenvalue weighted by molar-refractivity contribution is 5.84. The van der Waals surface area contributed by atoms with Gasteiger partial charge in [-0.15, -0.1) is 0 Å². The summed E-state index contributed by atoms with van der Waals surface area (Å²) in [4.78, 5) is 29.2. The fraction of sp³-hybridized carbons (Fsp3) is 0.130. The minimum Gasteiger partial charge on any atom is -0.334 e. The van der Waals surface area contributed by atoms with Crippen molar-refractivity contribution in [3.8, 4) is 0 Å². The van der Waals surface area contributed by atoms with E-state index in [1.54, 1.807) is 18.5 Å². The average Bonchev–Trinajstić information content (AvgIpc) is 2.80. The molecule has 2 amide bonds. The fourth-order valence-electron chi connectivity index (χ4n) is 3.21. The first kappa shape index (κ1) is 19.3. The summed E-state index contributed by atoms with van der Waals surface area (Å²) in [6.45, 7) is 0.945. The zero-order valence-electron chi connectivity index (χ0n) is 16.3. The van der Waals surface area contributed by atoms with E-state index in [9.17, 15) is 9.59 Å². The Kier molecular flexibility index (Phi) is 5.80. The Labute approximate surface area is 173 Å². The molecule has 0 unspecified atom stereocenters. The van der Waals surface area contributed by atoms with Crippen LogP contribution in [0.1, 0.15) is 16.8 Å². The predicted molar refractivity (Wildman–Crippen MR) is 115 cm³/mol. The van der Waals surface area contributed by atoms with E-state index in [0.29, 0.717) is 24.2 Å². The number of nitrogens with zero attached hydrogens (tertiary/aromatic N) is 3. The summed E-state index contributed by atoms with van der Waals surface area (Å²) in [6, 6.07) is 20.4. The molecule has 2 aromatic carbocycles. The number of pyridine rings is 1. The van der Waals surface area contributed by atoms with Crippen molar-refractivity contribution in [3.63, 3.8) is 0 Å². The van der Waals surface area contributed by atoms with E-state index in [0.717, 1.165) is 16.5 Å². The standard InChI is InChI=1S/C23H21N5O2/c29-22-20-11-5-4-10-19(20)21(27-28(22)16-18-9-6-12-24-13-18)15-26-23(30)25-14-17-7-2-1-3-8-17/h1-13H,14-16H2,(H2,25,26,30). The number of fused-ring (bicyclic) bond motifs is 1. The number of benzene rings is 2. The molecule has 0 saturated heterocycles. The molecule has 4 aromatic rings. The number of nitrogens with one attached hydrogen (secondary N) is 2. The molecule has 0 saturated carbocycles. The highest BCUT2D eigenvalue weighted by Crippen LogP contribution is 2.13. The molecule has 30 heavy (non-hydrogen) atoms. The lowest BCUT2D eigenvalue weighted by atomic mass is 10.1. The van der Waals surface area contributed by atoms with Crippen LogP contribution in [0.15, 0.2) is 83.9 Å². The molecule has 0 atom stereocenters. The minimum atomic E-state index is -0.297. The van der Waals surface area contributed by atoms with Crippen LogP contribution in [-0.4, -0.2) is 20.8 Å². The van der Waals surface area contributed by atoms with Crippen molar-refractivity contribution < 1.29 is 4.79 Å². The van der Waals surface area contributed by atoms with Gasteiger partial charge in [-0.3, -0.25) is 9.78 Å². The molecular formula is C23H21N5O2. The molecule has 0 spiro atoms. The largest absolute Gasteiger partial charge is 0.334 e. The fourth-order valence-corrected chi connectivity index (χ4v) is 3.21. The molecule has 0 aliphatic rings. The van der Waals surface area contributed by atoms with Gasteiger partial charge in [0.2, 0.25) is 0 Å². The van der Waals surface area contributed by atoms with Crippen LogP contribution in [0.2, 0.25) is 0 Å². The normalized spacial score (nSPS) is 10.7. The highest BCUT2D eigenvalue weighted by atomic mass is 16.2. The van der Waals surface area contributed by atoms with Gasteiger partial charge in [0.25, 0.3) is 5.56 Å². The van der Waals surface area contributed by atoms with Gasteiger partial charge in [-0.05, 0) is 23.3 Å². The van der Waals surface area contributed by atoms with Crippen LogP contribution in [0.5, 0.6) is 0 Å². The number of hydrogen-bond donors (Lipinski definition) is 2. The van der Waals surface area contributed by atoms with E-state index in [1.165, 1.54) is 4.68 Å². The highest BCUT2D eigenvalue weighted by Gasteiger charge is 2.12. The van der Waals surface area contributed by atoms with Crippen molar-refractivity contribution in [2.24, 2.45) is 0 Å². The van der Waals surface area contributed by atoms with Gasteiger partial charge < -0.3 is 10.6 Å². The van der Waals surface area contributed by atoms with Gasteiger partial charge in [0.05, 0.1) is 24.2 Å². The summed E-state index contributed by atoms with van der Waals surface area (Å²) >= 11 is 0. The van der Waals surface area contributed by atoms with Crippen molar-refractivity contribution in [2.45, 2.75) is 19.6 Å². The number of aromatic nitrogens is 3. The third-order valence-electron chi connectivity index (χ3n) is 4.71. The minimum absolute atomic E-state index is 0.174. The Bertz CT molecular complexity index is 1210. The van der Waals surface area contributed by atoms with Gasteiger partial charge in [-0.1, -0.05) is 54.6 Å². The summed E-state index contributed by atoms with van der Waals surface area (Å²) < 4.78 is 1.41. The summed E-state index contributed by atoms with van der Waals surface area (Å²) in [6.07, 6.45) is 3.39. The van der Waals surface area contributed by atoms with Gasteiger partial charge in [-0.25, -0.2) is 9.48 Å². The van der Waals surface area contributed by atoms with Crippen molar-refractivity contribution in [3.05, 3.63) is 106 Å². The van der Waals surface area contributed by atoms with Crippen LogP contribution in [-0.2, 0) is 19.6 Å². The number of carbonyl (C=O) groups excluding carboxylic acids is 1. The van der Waals surface area contributed by atoms with Gasteiger partial charge in [0.15, 0.2) is 0 Å². The molecule has 0 aliphatic carbocycles. The third kappa shape index (κ3) is 4.52. The second-order valence-electron chi connectivity index (χ2n) is 6.84. The quantitative estimate of drug-likeness (QED) is 0.522. The maximum absolute atomic E-state index is 12.9. The van der Waals surface area contributed by atoms with E-state index in [1.807, 2.05) is 60.7 Å². The van der Waals surface area contributed by atoms with Crippen molar-refractivity contribution >= 4 is 16.8 Å². The van der Waals surface area contributed by atoms with Crippen LogP contribution in [0.3, 0.4) is 0 Å². The number of hydrogen-bond acceptors (Lipinski definition) is 4. The molecule has 0 radical (unpaired) electrons. The summed E-state index contributed by atoms with van der Waals surface area (Å²) in [5.74, 6) is 0. The van der Waals surface area contributed by atoms with E-state index in [4.69, 9.17) is 0 Å². The zero-order chi connectivity index (χ0) is 20.8. The Morgan fingerprint density at radius 3 is 2.30 bits per heavy atom. The van der Waals surface area contributed by atoms with E-state index in [-0.39, 0.29) is 18.1 Å². The van der Waals surface area contributed by atoms with Crippen LogP contribution >= 0.6 is 0 Å². The van der Waals surface area contributed by atoms with Crippen LogP contribution < -0.4 is 16.2 Å². The Hall–Kier alpha value is -4.00. The molecule has 0 fully saturated rings. The molecule has 7 heteroatoms.